The lowest BCUT2D eigenvalue weighted by molar-refractivity contribution is 0.0629. The summed E-state index contributed by atoms with van der Waals surface area (Å²) in [4.78, 5) is 39.0. The van der Waals surface area contributed by atoms with Gasteiger partial charge in [0.1, 0.15) is 23.9 Å². The predicted molar refractivity (Wildman–Crippen MR) is 102 cm³/mol. The number of fused-ring (bicyclic) bond motifs is 1. The van der Waals surface area contributed by atoms with Crippen LogP contribution in [0, 0.1) is 11.6 Å². The maximum atomic E-state index is 13.7. The van der Waals surface area contributed by atoms with Gasteiger partial charge in [0.15, 0.2) is 11.4 Å². The Balaban J connectivity index is 1.88. The number of aromatic nitrogens is 1. The van der Waals surface area contributed by atoms with Gasteiger partial charge in [0.25, 0.3) is 11.8 Å². The summed E-state index contributed by atoms with van der Waals surface area (Å²) in [6.07, 6.45) is 1.14. The number of nitrogens with zero attached hydrogens (tertiary/aromatic N) is 3. The van der Waals surface area contributed by atoms with Gasteiger partial charge in [-0.2, -0.15) is 0 Å². The molecule has 2 heterocycles. The van der Waals surface area contributed by atoms with Crippen LogP contribution < -0.4 is 15.8 Å². The Morgan fingerprint density at radius 3 is 2.70 bits per heavy atom. The first-order valence-electron chi connectivity index (χ1n) is 8.95. The molecule has 0 fully saturated rings. The van der Waals surface area contributed by atoms with Crippen LogP contribution in [0.1, 0.15) is 26.4 Å². The van der Waals surface area contributed by atoms with Gasteiger partial charge < -0.3 is 20.1 Å². The van der Waals surface area contributed by atoms with Crippen molar-refractivity contribution in [2.75, 3.05) is 39.0 Å². The van der Waals surface area contributed by atoms with E-state index in [1.165, 1.54) is 27.8 Å². The van der Waals surface area contributed by atoms with Gasteiger partial charge in [0.05, 0.1) is 6.61 Å². The molecule has 0 radical (unpaired) electrons. The molecule has 1 aromatic carbocycles. The van der Waals surface area contributed by atoms with E-state index < -0.39 is 40.2 Å². The maximum Gasteiger partial charge on any atom is 0.277 e. The van der Waals surface area contributed by atoms with Gasteiger partial charge in [0.2, 0.25) is 5.43 Å². The van der Waals surface area contributed by atoms with E-state index in [0.717, 1.165) is 12.3 Å². The first kappa shape index (κ1) is 21.2. The van der Waals surface area contributed by atoms with E-state index >= 15 is 0 Å². The molecule has 2 aromatic rings. The number of carbonyl (C=O) groups excluding carboxylic acids is 2. The molecule has 3 rings (SSSR count). The minimum absolute atomic E-state index is 0.0214. The highest BCUT2D eigenvalue weighted by atomic mass is 19.1. The zero-order valence-corrected chi connectivity index (χ0v) is 16.3. The van der Waals surface area contributed by atoms with Crippen LogP contribution in [-0.4, -0.2) is 60.5 Å². The van der Waals surface area contributed by atoms with Crippen molar-refractivity contribution in [2.45, 2.75) is 6.54 Å². The van der Waals surface area contributed by atoms with Crippen molar-refractivity contribution in [2.24, 2.45) is 0 Å². The number of methoxy groups -OCH3 is 1. The van der Waals surface area contributed by atoms with Gasteiger partial charge in [-0.25, -0.2) is 8.78 Å². The molecule has 0 saturated carbocycles. The molecule has 0 bridgehead atoms. The van der Waals surface area contributed by atoms with Gasteiger partial charge in [-0.3, -0.25) is 24.1 Å². The van der Waals surface area contributed by atoms with Crippen molar-refractivity contribution in [3.8, 4) is 5.75 Å². The van der Waals surface area contributed by atoms with E-state index in [-0.39, 0.29) is 37.6 Å². The molecule has 0 unspecified atom stereocenters. The number of carbonyl (C=O) groups is 2. The lowest BCUT2D eigenvalue weighted by Crippen LogP contribution is -2.53. The van der Waals surface area contributed by atoms with Crippen molar-refractivity contribution >= 4 is 11.8 Å². The first-order chi connectivity index (χ1) is 14.2. The Morgan fingerprint density at radius 2 is 2.03 bits per heavy atom. The number of hydrogen-bond donors (Lipinski definition) is 2. The van der Waals surface area contributed by atoms with Crippen molar-refractivity contribution in [3.05, 3.63) is 63.1 Å². The van der Waals surface area contributed by atoms with Crippen LogP contribution in [0.15, 0.2) is 29.2 Å². The van der Waals surface area contributed by atoms with Crippen LogP contribution >= 0.6 is 0 Å². The smallest absolute Gasteiger partial charge is 0.277 e. The second-order valence-corrected chi connectivity index (χ2v) is 6.69. The molecule has 11 heteroatoms. The third kappa shape index (κ3) is 3.96. The van der Waals surface area contributed by atoms with Gasteiger partial charge >= 0.3 is 0 Å². The van der Waals surface area contributed by atoms with Gasteiger partial charge in [-0.15, -0.1) is 0 Å². The average molecular weight is 422 g/mol. The summed E-state index contributed by atoms with van der Waals surface area (Å²) < 4.78 is 32.9. The molecular formula is C19H20F2N4O5. The van der Waals surface area contributed by atoms with Crippen LogP contribution in [0.25, 0.3) is 0 Å². The zero-order valence-electron chi connectivity index (χ0n) is 16.3. The molecule has 0 atom stereocenters. The molecule has 30 heavy (non-hydrogen) atoms. The standard InChI is InChI=1S/C19H20F2N4O5/c1-23-10-24(5-6-30-2)19(29)15-17(27)16(26)13(9-25(15)23)18(28)22-8-11-3-4-12(20)7-14(11)21/h3-4,7,9,27H,5-6,8,10H2,1-2H3,(H,22,28). The van der Waals surface area contributed by atoms with E-state index in [9.17, 15) is 28.3 Å². The molecule has 0 aliphatic carbocycles. The highest BCUT2D eigenvalue weighted by molar-refractivity contribution is 5.99. The summed E-state index contributed by atoms with van der Waals surface area (Å²) in [7, 11) is 3.09. The number of ether oxygens (including phenoxy) is 1. The fraction of sp³-hybridized carbons (Fsp3) is 0.316. The molecule has 0 saturated heterocycles. The zero-order chi connectivity index (χ0) is 22.0. The number of halogens is 2. The monoisotopic (exact) mass is 422 g/mol. The van der Waals surface area contributed by atoms with E-state index in [2.05, 4.69) is 5.32 Å². The Labute approximate surface area is 170 Å². The SMILES string of the molecule is COCCN1CN(C)n2cc(C(=O)NCc3ccc(F)cc3F)c(=O)c(O)c2C1=O. The average Bonchev–Trinajstić information content (AvgIpc) is 2.70. The largest absolute Gasteiger partial charge is 0.502 e. The number of aromatic hydroxyl groups is 1. The van der Waals surface area contributed by atoms with Crippen molar-refractivity contribution < 1.29 is 28.2 Å². The summed E-state index contributed by atoms with van der Waals surface area (Å²) in [6, 6.07) is 2.89. The lowest BCUT2D eigenvalue weighted by atomic mass is 10.1. The summed E-state index contributed by atoms with van der Waals surface area (Å²) in [6.45, 7) is 0.357. The molecular weight excluding hydrogens is 402 g/mol. The third-order valence-corrected chi connectivity index (χ3v) is 4.66. The normalized spacial score (nSPS) is 13.4. The number of rotatable bonds is 6. The van der Waals surface area contributed by atoms with Crippen molar-refractivity contribution in [1.82, 2.24) is 14.9 Å². The van der Waals surface area contributed by atoms with E-state index in [1.54, 1.807) is 7.05 Å². The number of pyridine rings is 1. The minimum atomic E-state index is -1.03. The molecule has 2 amide bonds. The second-order valence-electron chi connectivity index (χ2n) is 6.69. The first-order valence-corrected chi connectivity index (χ1v) is 8.95. The summed E-state index contributed by atoms with van der Waals surface area (Å²) >= 11 is 0. The van der Waals surface area contributed by atoms with Crippen LogP contribution in [0.4, 0.5) is 8.78 Å². The Kier molecular flexibility index (Phi) is 6.01. The summed E-state index contributed by atoms with van der Waals surface area (Å²) in [5.74, 6) is -3.93. The number of nitrogens with one attached hydrogen (secondary N) is 1. The maximum absolute atomic E-state index is 13.7. The molecule has 160 valence electrons. The highest BCUT2D eigenvalue weighted by Crippen LogP contribution is 2.20. The molecule has 1 aliphatic heterocycles. The molecule has 2 N–H and O–H groups in total. The van der Waals surface area contributed by atoms with Crippen LogP contribution in [0.3, 0.4) is 0 Å². The minimum Gasteiger partial charge on any atom is -0.502 e. The fourth-order valence-corrected chi connectivity index (χ4v) is 3.06. The quantitative estimate of drug-likeness (QED) is 0.698. The Hall–Kier alpha value is -3.47. The van der Waals surface area contributed by atoms with Crippen molar-refractivity contribution in [3.63, 3.8) is 0 Å². The van der Waals surface area contributed by atoms with E-state index in [4.69, 9.17) is 4.74 Å². The predicted octanol–water partition coefficient (Wildman–Crippen LogP) is 0.390. The van der Waals surface area contributed by atoms with E-state index in [1.807, 2.05) is 0 Å². The van der Waals surface area contributed by atoms with Gasteiger partial charge in [-0.05, 0) is 6.07 Å². The van der Waals surface area contributed by atoms with E-state index in [0.29, 0.717) is 6.07 Å². The number of benzene rings is 1. The Bertz CT molecular complexity index is 1060. The highest BCUT2D eigenvalue weighted by Gasteiger charge is 2.32. The van der Waals surface area contributed by atoms with Crippen LogP contribution in [0.5, 0.6) is 5.75 Å². The summed E-state index contributed by atoms with van der Waals surface area (Å²) in [5.41, 5.74) is -1.71. The topological polar surface area (TPSA) is 104 Å². The van der Waals surface area contributed by atoms with Gasteiger partial charge in [0, 0.05) is 45.1 Å². The molecule has 1 aromatic heterocycles. The number of hydrogen-bond acceptors (Lipinski definition) is 6. The van der Waals surface area contributed by atoms with Crippen molar-refractivity contribution in [1.29, 1.82) is 0 Å². The van der Waals surface area contributed by atoms with Gasteiger partial charge in [-0.1, -0.05) is 6.07 Å². The molecule has 0 spiro atoms. The second kappa shape index (κ2) is 8.49. The molecule has 9 nitrogen and oxygen atoms in total. The molecule has 1 aliphatic rings. The fourth-order valence-electron chi connectivity index (χ4n) is 3.06. The van der Waals surface area contributed by atoms with Crippen LogP contribution in [-0.2, 0) is 11.3 Å². The van der Waals surface area contributed by atoms with Crippen LogP contribution in [0.2, 0.25) is 0 Å². The number of amides is 2. The third-order valence-electron chi connectivity index (χ3n) is 4.66. The Morgan fingerprint density at radius 1 is 1.30 bits per heavy atom. The lowest BCUT2D eigenvalue weighted by Gasteiger charge is -2.37. The summed E-state index contributed by atoms with van der Waals surface area (Å²) in [5, 5.41) is 14.2.